The van der Waals surface area contributed by atoms with Gasteiger partial charge in [0.25, 0.3) is 11.8 Å². The Balaban J connectivity index is 0.857. The summed E-state index contributed by atoms with van der Waals surface area (Å²) in [6, 6.07) is 30.0. The maximum Gasteiger partial charge on any atom is 0.315 e. The predicted octanol–water partition coefficient (Wildman–Crippen LogP) is 6.84. The van der Waals surface area contributed by atoms with Crippen molar-refractivity contribution in [3.63, 3.8) is 0 Å². The topological polar surface area (TPSA) is 214 Å². The van der Waals surface area contributed by atoms with E-state index in [1.165, 1.54) is 11.1 Å². The van der Waals surface area contributed by atoms with E-state index in [9.17, 15) is 28.8 Å². The van der Waals surface area contributed by atoms with Crippen molar-refractivity contribution >= 4 is 35.4 Å². The number of amides is 6. The highest BCUT2D eigenvalue weighted by Crippen LogP contribution is 2.34. The number of nitrogens with zero attached hydrogens (tertiary/aromatic N) is 4. The molecule has 2 fully saturated rings. The first-order valence-electron chi connectivity index (χ1n) is 23.3. The monoisotopic (exact) mass is 916 g/mol. The molecule has 2 aliphatic rings. The first-order valence-corrected chi connectivity index (χ1v) is 23.3. The van der Waals surface area contributed by atoms with Crippen LogP contribution in [0.25, 0.3) is 22.5 Å². The molecule has 2 aromatic heterocycles. The van der Waals surface area contributed by atoms with Crippen molar-refractivity contribution in [2.75, 3.05) is 26.2 Å². The summed E-state index contributed by atoms with van der Waals surface area (Å²) in [5.41, 5.74) is 6.88. The van der Waals surface area contributed by atoms with Gasteiger partial charge in [0.15, 0.2) is 0 Å². The predicted molar refractivity (Wildman–Crippen MR) is 256 cm³/mol. The van der Waals surface area contributed by atoms with Crippen LogP contribution in [0.5, 0.6) is 0 Å². The average molecular weight is 917 g/mol. The van der Waals surface area contributed by atoms with Gasteiger partial charge in [-0.3, -0.25) is 19.2 Å². The summed E-state index contributed by atoms with van der Waals surface area (Å²) in [4.78, 5) is 99.0. The molecule has 2 saturated heterocycles. The van der Waals surface area contributed by atoms with Gasteiger partial charge in [0, 0.05) is 26.2 Å². The number of aromatic amines is 2. The lowest BCUT2D eigenvalue weighted by Crippen LogP contribution is -2.46. The molecule has 6 aromatic rings. The van der Waals surface area contributed by atoms with E-state index in [-0.39, 0.29) is 0 Å². The number of nitrogens with one attached hydrogen (secondary N) is 6. The van der Waals surface area contributed by atoms with Crippen LogP contribution in [0.4, 0.5) is 9.59 Å². The number of Topliss-reactive ketones (excluding diaryl/α,β-unsaturated/α-hetero) is 2. The van der Waals surface area contributed by atoms with Crippen LogP contribution in [-0.2, 0) is 32.0 Å². The molecule has 4 aromatic carbocycles. The number of imidazole rings is 2. The van der Waals surface area contributed by atoms with Crippen molar-refractivity contribution in [3.8, 4) is 22.5 Å². The van der Waals surface area contributed by atoms with Gasteiger partial charge in [-0.05, 0) is 85.8 Å². The van der Waals surface area contributed by atoms with Gasteiger partial charge >= 0.3 is 12.1 Å². The van der Waals surface area contributed by atoms with Crippen LogP contribution in [0.15, 0.2) is 122 Å². The summed E-state index contributed by atoms with van der Waals surface area (Å²) in [6.07, 6.45) is 7.88. The fourth-order valence-electron chi connectivity index (χ4n) is 8.99. The second-order valence-corrected chi connectivity index (χ2v) is 17.0. The molecule has 0 saturated carbocycles. The van der Waals surface area contributed by atoms with E-state index >= 15 is 0 Å². The summed E-state index contributed by atoms with van der Waals surface area (Å²) >= 11 is 0. The number of hydrogen-bond acceptors (Lipinski definition) is 8. The normalized spacial score (nSPS) is 16.4. The van der Waals surface area contributed by atoms with Gasteiger partial charge in [-0.25, -0.2) is 19.6 Å². The molecule has 0 spiro atoms. The van der Waals surface area contributed by atoms with Crippen molar-refractivity contribution in [1.29, 1.82) is 0 Å². The number of carbonyl (C=O) groups excluding carboxylic acids is 6. The maximum atomic E-state index is 13.7. The summed E-state index contributed by atoms with van der Waals surface area (Å²) in [5.74, 6) is -1.53. The SMILES string of the molecule is CCNC(=O)N[C@H](C(=O)C(=O)N1CCC[C@H]1c1ncc(-c2ccc(CCc3ccc(-c4cnc([C@@H]5CCCN5C(=O)C(=O)[C@@H](NC(=O)NCC)c5ccccc5)[nH]4)cc3)cc2)[nH]1)c1ccccc1. The van der Waals surface area contributed by atoms with Crippen molar-refractivity contribution in [2.24, 2.45) is 0 Å². The quantitative estimate of drug-likeness (QED) is 0.0532. The second-order valence-electron chi connectivity index (χ2n) is 17.0. The molecule has 6 amide bonds. The lowest BCUT2D eigenvalue weighted by molar-refractivity contribution is -0.146. The Morgan fingerprint density at radius 3 is 1.31 bits per heavy atom. The zero-order chi connectivity index (χ0) is 47.6. The minimum atomic E-state index is -1.12. The van der Waals surface area contributed by atoms with Crippen molar-refractivity contribution in [3.05, 3.63) is 155 Å². The smallest absolute Gasteiger partial charge is 0.315 e. The number of ketones is 2. The number of urea groups is 2. The van der Waals surface area contributed by atoms with Crippen LogP contribution in [0, 0.1) is 0 Å². The fraction of sp³-hybridized carbons (Fsp3) is 0.308. The van der Waals surface area contributed by atoms with E-state index < -0.39 is 59.6 Å². The number of rotatable bonds is 17. The molecule has 4 heterocycles. The van der Waals surface area contributed by atoms with Crippen LogP contribution in [0.1, 0.15) is 97.6 Å². The van der Waals surface area contributed by atoms with E-state index in [2.05, 4.69) is 65.5 Å². The second kappa shape index (κ2) is 21.6. The molecule has 8 rings (SSSR count). The number of carbonyl (C=O) groups is 6. The first-order chi connectivity index (χ1) is 33.1. The van der Waals surface area contributed by atoms with Crippen LogP contribution >= 0.6 is 0 Å². The zero-order valence-corrected chi connectivity index (χ0v) is 38.2. The van der Waals surface area contributed by atoms with Gasteiger partial charge in [0.05, 0.1) is 35.9 Å². The van der Waals surface area contributed by atoms with Crippen LogP contribution in [-0.4, -0.2) is 91.4 Å². The summed E-state index contributed by atoms with van der Waals surface area (Å²) in [7, 11) is 0. The molecular formula is C52H56N10O6. The lowest BCUT2D eigenvalue weighted by atomic mass is 10.0. The summed E-state index contributed by atoms with van der Waals surface area (Å²) < 4.78 is 0. The highest BCUT2D eigenvalue weighted by molar-refractivity contribution is 6.39. The largest absolute Gasteiger partial charge is 0.340 e. The van der Waals surface area contributed by atoms with Gasteiger partial charge < -0.3 is 41.0 Å². The lowest BCUT2D eigenvalue weighted by Gasteiger charge is -2.25. The maximum absolute atomic E-state index is 13.7. The Morgan fingerprint density at radius 1 is 0.559 bits per heavy atom. The van der Waals surface area contributed by atoms with E-state index in [4.69, 9.17) is 0 Å². The number of hydrogen-bond donors (Lipinski definition) is 6. The third kappa shape index (κ3) is 10.7. The van der Waals surface area contributed by atoms with Crippen LogP contribution in [0.3, 0.4) is 0 Å². The Bertz CT molecular complexity index is 2530. The van der Waals surface area contributed by atoms with Gasteiger partial charge in [0.1, 0.15) is 23.7 Å². The molecule has 2 aliphatic heterocycles. The minimum absolute atomic E-state index is 0.375. The Hall–Kier alpha value is -7.88. The molecule has 0 bridgehead atoms. The molecule has 4 atom stereocenters. The van der Waals surface area contributed by atoms with Gasteiger partial charge in [-0.2, -0.15) is 0 Å². The molecule has 0 unspecified atom stereocenters. The molecule has 0 radical (unpaired) electrons. The van der Waals surface area contributed by atoms with Crippen molar-refractivity contribution in [1.82, 2.24) is 51.0 Å². The number of H-pyrrole nitrogens is 2. The molecule has 6 N–H and O–H groups in total. The van der Waals surface area contributed by atoms with Crippen LogP contribution < -0.4 is 21.3 Å². The zero-order valence-electron chi connectivity index (χ0n) is 38.2. The number of benzene rings is 4. The molecule has 16 nitrogen and oxygen atoms in total. The number of likely N-dealkylation sites (tertiary alicyclic amines) is 2. The fourth-order valence-corrected chi connectivity index (χ4v) is 8.99. The Morgan fingerprint density at radius 2 is 0.941 bits per heavy atom. The first kappa shape index (κ1) is 46.6. The standard InChI is InChI=1S/C52H56N10O6/c1-3-53-51(67)59-43(37-13-7-5-8-14-37)45(63)49(65)61-29-11-17-41(61)47-55-31-39(57-47)35-25-21-33(22-26-35)19-20-34-23-27-36(28-24-34)40-32-56-48(58-40)42-18-12-30-62(42)50(66)46(64)44(60-52(68)54-4-2)38-15-9-6-10-16-38/h5-10,13-16,21-28,31-32,41-44H,3-4,11-12,17-20,29-30H2,1-2H3,(H,55,57)(H,56,58)(H2,53,59,67)(H2,54,60,68)/t41-,42-,43-,44-/m0/s1. The van der Waals surface area contributed by atoms with E-state index in [1.54, 1.807) is 84.6 Å². The van der Waals surface area contributed by atoms with E-state index in [1.807, 2.05) is 36.4 Å². The molecular weight excluding hydrogens is 861 g/mol. The average Bonchev–Trinajstić information content (AvgIpc) is 4.23. The summed E-state index contributed by atoms with van der Waals surface area (Å²) in [5, 5.41) is 10.6. The van der Waals surface area contributed by atoms with Gasteiger partial charge in [0.2, 0.25) is 11.6 Å². The Labute approximate surface area is 394 Å². The van der Waals surface area contributed by atoms with E-state index in [0.29, 0.717) is 74.6 Å². The number of aromatic nitrogens is 4. The van der Waals surface area contributed by atoms with Crippen molar-refractivity contribution in [2.45, 2.75) is 76.5 Å². The third-order valence-corrected chi connectivity index (χ3v) is 12.5. The molecule has 68 heavy (non-hydrogen) atoms. The molecule has 350 valence electrons. The third-order valence-electron chi connectivity index (χ3n) is 12.5. The highest BCUT2D eigenvalue weighted by atomic mass is 16.2. The van der Waals surface area contributed by atoms with Gasteiger partial charge in [-0.15, -0.1) is 0 Å². The summed E-state index contributed by atoms with van der Waals surface area (Å²) in [6.45, 7) is 5.11. The van der Waals surface area contributed by atoms with Crippen molar-refractivity contribution < 1.29 is 28.8 Å². The highest BCUT2D eigenvalue weighted by Gasteiger charge is 2.40. The van der Waals surface area contributed by atoms with Gasteiger partial charge in [-0.1, -0.05) is 109 Å². The molecule has 16 heteroatoms. The van der Waals surface area contributed by atoms with E-state index in [0.717, 1.165) is 35.4 Å². The minimum Gasteiger partial charge on any atom is -0.340 e. The molecule has 0 aliphatic carbocycles. The Kier molecular flexibility index (Phi) is 14.8. The number of aryl methyl sites for hydroxylation is 2. The van der Waals surface area contributed by atoms with Crippen LogP contribution in [0.2, 0.25) is 0 Å².